The number of ketones is 1. The molecule has 0 spiro atoms. The van der Waals surface area contributed by atoms with E-state index in [0.29, 0.717) is 31.7 Å². The van der Waals surface area contributed by atoms with Crippen molar-refractivity contribution in [1.29, 1.82) is 0 Å². The Bertz CT molecular complexity index is 1080. The number of para-hydroxylation sites is 1. The van der Waals surface area contributed by atoms with Crippen molar-refractivity contribution in [1.82, 2.24) is 9.55 Å². The van der Waals surface area contributed by atoms with Crippen LogP contribution in [0.15, 0.2) is 52.4 Å². The Morgan fingerprint density at radius 1 is 1.19 bits per heavy atom. The Hall–Kier alpha value is -1.82. The fraction of sp³-hybridized carbons (Fsp3) is 0.211. The molecule has 1 fully saturated rings. The standard InChI is InChI=1S/C19H14Cl2N2O2S/c20-11-5-8-13(15(21)9-11)17(24)10-26-19-22-16-4-2-1-3-14(16)18(25)23(19)12-6-7-12/h1-5,8-9,12H,6-7,10H2. The predicted molar refractivity (Wildman–Crippen MR) is 106 cm³/mol. The summed E-state index contributed by atoms with van der Waals surface area (Å²) in [5.41, 5.74) is 1.02. The molecule has 1 saturated carbocycles. The van der Waals surface area contributed by atoms with E-state index in [4.69, 9.17) is 23.2 Å². The number of hydrogen-bond acceptors (Lipinski definition) is 4. The average molecular weight is 405 g/mol. The van der Waals surface area contributed by atoms with E-state index in [1.165, 1.54) is 11.8 Å². The highest BCUT2D eigenvalue weighted by Gasteiger charge is 2.28. The van der Waals surface area contributed by atoms with Crippen LogP contribution in [0, 0.1) is 0 Å². The molecule has 3 aromatic rings. The summed E-state index contributed by atoms with van der Waals surface area (Å²) in [6.07, 6.45) is 1.93. The van der Waals surface area contributed by atoms with Gasteiger partial charge in [-0.05, 0) is 43.2 Å². The normalized spacial score (nSPS) is 13.9. The lowest BCUT2D eigenvalue weighted by molar-refractivity contribution is 0.102. The van der Waals surface area contributed by atoms with Crippen molar-refractivity contribution in [2.75, 3.05) is 5.75 Å². The third-order valence-electron chi connectivity index (χ3n) is 4.25. The van der Waals surface area contributed by atoms with Crippen LogP contribution in [0.2, 0.25) is 10.0 Å². The van der Waals surface area contributed by atoms with Crippen LogP contribution in [0.3, 0.4) is 0 Å². The maximum atomic E-state index is 12.8. The summed E-state index contributed by atoms with van der Waals surface area (Å²) in [6.45, 7) is 0. The molecule has 132 valence electrons. The summed E-state index contributed by atoms with van der Waals surface area (Å²) in [6, 6.07) is 12.3. The molecule has 1 aliphatic carbocycles. The monoisotopic (exact) mass is 404 g/mol. The highest BCUT2D eigenvalue weighted by atomic mass is 35.5. The van der Waals surface area contributed by atoms with Gasteiger partial charge in [0.2, 0.25) is 0 Å². The number of carbonyl (C=O) groups is 1. The summed E-state index contributed by atoms with van der Waals surface area (Å²) < 4.78 is 1.73. The number of rotatable bonds is 5. The zero-order valence-corrected chi connectivity index (χ0v) is 15.9. The third kappa shape index (κ3) is 3.39. The summed E-state index contributed by atoms with van der Waals surface area (Å²) in [5, 5.41) is 2.00. The lowest BCUT2D eigenvalue weighted by Crippen LogP contribution is -2.22. The van der Waals surface area contributed by atoms with Gasteiger partial charge in [0, 0.05) is 16.6 Å². The molecular formula is C19H14Cl2N2O2S. The zero-order valence-electron chi connectivity index (χ0n) is 13.6. The molecule has 0 radical (unpaired) electrons. The number of nitrogens with zero attached hydrogens (tertiary/aromatic N) is 2. The first-order valence-electron chi connectivity index (χ1n) is 8.17. The van der Waals surface area contributed by atoms with Crippen molar-refractivity contribution in [3.8, 4) is 0 Å². The van der Waals surface area contributed by atoms with Crippen molar-refractivity contribution in [3.63, 3.8) is 0 Å². The molecule has 1 aliphatic rings. The van der Waals surface area contributed by atoms with Crippen LogP contribution in [-0.4, -0.2) is 21.1 Å². The summed E-state index contributed by atoms with van der Waals surface area (Å²) in [4.78, 5) is 30.0. The topological polar surface area (TPSA) is 52.0 Å². The second kappa shape index (κ2) is 7.06. The Morgan fingerprint density at radius 3 is 2.69 bits per heavy atom. The molecule has 1 aromatic heterocycles. The minimum Gasteiger partial charge on any atom is -0.293 e. The van der Waals surface area contributed by atoms with Gasteiger partial charge < -0.3 is 0 Å². The van der Waals surface area contributed by atoms with E-state index >= 15 is 0 Å². The molecule has 0 saturated heterocycles. The number of aromatic nitrogens is 2. The fourth-order valence-corrected chi connectivity index (χ4v) is 4.27. The van der Waals surface area contributed by atoms with Crippen LogP contribution in [-0.2, 0) is 0 Å². The predicted octanol–water partition coefficient (Wildman–Crippen LogP) is 5.01. The van der Waals surface area contributed by atoms with Gasteiger partial charge in [-0.3, -0.25) is 14.2 Å². The van der Waals surface area contributed by atoms with E-state index in [2.05, 4.69) is 4.98 Å². The number of fused-ring (bicyclic) bond motifs is 1. The molecule has 4 rings (SSSR count). The maximum Gasteiger partial charge on any atom is 0.262 e. The third-order valence-corrected chi connectivity index (χ3v) is 5.75. The Labute approximate surface area is 164 Å². The van der Waals surface area contributed by atoms with Crippen LogP contribution < -0.4 is 5.56 Å². The summed E-state index contributed by atoms with van der Waals surface area (Å²) >= 11 is 13.3. The molecule has 1 heterocycles. The molecule has 26 heavy (non-hydrogen) atoms. The second-order valence-electron chi connectivity index (χ2n) is 6.15. The molecule has 0 N–H and O–H groups in total. The fourth-order valence-electron chi connectivity index (χ4n) is 2.81. The molecule has 7 heteroatoms. The Balaban J connectivity index is 1.65. The first-order valence-corrected chi connectivity index (χ1v) is 9.91. The van der Waals surface area contributed by atoms with Gasteiger partial charge in [-0.1, -0.05) is 47.1 Å². The minimum atomic E-state index is -0.124. The zero-order chi connectivity index (χ0) is 18.3. The number of hydrogen-bond donors (Lipinski definition) is 0. The quantitative estimate of drug-likeness (QED) is 0.340. The molecule has 0 bridgehead atoms. The number of carbonyl (C=O) groups excluding carboxylic acids is 1. The number of Topliss-reactive ketones (excluding diaryl/α,β-unsaturated/α-hetero) is 1. The number of halogens is 2. The van der Waals surface area contributed by atoms with E-state index in [1.54, 1.807) is 28.8 Å². The minimum absolute atomic E-state index is 0.0439. The van der Waals surface area contributed by atoms with Crippen molar-refractivity contribution < 1.29 is 4.79 Å². The number of thioether (sulfide) groups is 1. The van der Waals surface area contributed by atoms with Gasteiger partial charge >= 0.3 is 0 Å². The highest BCUT2D eigenvalue weighted by Crippen LogP contribution is 2.37. The van der Waals surface area contributed by atoms with Gasteiger partial charge in [0.1, 0.15) is 0 Å². The van der Waals surface area contributed by atoms with Crippen LogP contribution >= 0.6 is 35.0 Å². The largest absolute Gasteiger partial charge is 0.293 e. The van der Waals surface area contributed by atoms with E-state index < -0.39 is 0 Å². The summed E-state index contributed by atoms with van der Waals surface area (Å²) in [7, 11) is 0. The van der Waals surface area contributed by atoms with Crippen LogP contribution in [0.25, 0.3) is 10.9 Å². The van der Waals surface area contributed by atoms with Crippen molar-refractivity contribution in [3.05, 3.63) is 68.4 Å². The van der Waals surface area contributed by atoms with Gasteiger partial charge in [-0.2, -0.15) is 0 Å². The van der Waals surface area contributed by atoms with Crippen LogP contribution in [0.5, 0.6) is 0 Å². The van der Waals surface area contributed by atoms with E-state index in [-0.39, 0.29) is 23.1 Å². The lowest BCUT2D eigenvalue weighted by atomic mass is 10.1. The van der Waals surface area contributed by atoms with E-state index in [1.807, 2.05) is 18.2 Å². The number of benzene rings is 2. The van der Waals surface area contributed by atoms with Gasteiger partial charge in [-0.15, -0.1) is 0 Å². The van der Waals surface area contributed by atoms with Crippen molar-refractivity contribution in [2.24, 2.45) is 0 Å². The molecule has 0 atom stereocenters. The van der Waals surface area contributed by atoms with Crippen LogP contribution in [0.1, 0.15) is 29.2 Å². The van der Waals surface area contributed by atoms with Gasteiger partial charge in [-0.25, -0.2) is 4.98 Å². The maximum absolute atomic E-state index is 12.8. The SMILES string of the molecule is O=C(CSc1nc2ccccc2c(=O)n1C1CC1)c1ccc(Cl)cc1Cl. The van der Waals surface area contributed by atoms with Gasteiger partial charge in [0.15, 0.2) is 10.9 Å². The Kier molecular flexibility index (Phi) is 4.78. The first kappa shape index (κ1) is 17.6. The van der Waals surface area contributed by atoms with Crippen LogP contribution in [0.4, 0.5) is 0 Å². The first-order chi connectivity index (χ1) is 12.5. The second-order valence-corrected chi connectivity index (χ2v) is 7.94. The highest BCUT2D eigenvalue weighted by molar-refractivity contribution is 7.99. The molecule has 2 aromatic carbocycles. The lowest BCUT2D eigenvalue weighted by Gasteiger charge is -2.12. The smallest absolute Gasteiger partial charge is 0.262 e. The van der Waals surface area contributed by atoms with Gasteiger partial charge in [0.25, 0.3) is 5.56 Å². The summed E-state index contributed by atoms with van der Waals surface area (Å²) in [5.74, 6) is 0.0280. The van der Waals surface area contributed by atoms with Crippen molar-refractivity contribution >= 4 is 51.6 Å². The molecule has 0 amide bonds. The van der Waals surface area contributed by atoms with Gasteiger partial charge in [0.05, 0.1) is 21.7 Å². The Morgan fingerprint density at radius 2 is 1.96 bits per heavy atom. The molecule has 4 nitrogen and oxygen atoms in total. The van der Waals surface area contributed by atoms with E-state index in [0.717, 1.165) is 12.8 Å². The molecule has 0 aliphatic heterocycles. The van der Waals surface area contributed by atoms with Crippen molar-refractivity contribution in [2.45, 2.75) is 24.0 Å². The van der Waals surface area contributed by atoms with E-state index in [9.17, 15) is 9.59 Å². The average Bonchev–Trinajstić information content (AvgIpc) is 3.44. The molecular weight excluding hydrogens is 391 g/mol. The molecule has 0 unspecified atom stereocenters.